The number of carbonyl (C=O) groups is 3. The Kier molecular flexibility index (Phi) is 9.34. The quantitative estimate of drug-likeness (QED) is 0.0683. The molecule has 0 fully saturated rings. The van der Waals surface area contributed by atoms with Crippen molar-refractivity contribution < 1.29 is 43.6 Å². The first-order valence-electron chi connectivity index (χ1n) is 22.5. The minimum absolute atomic E-state index is 0.0634. The lowest BCUT2D eigenvalue weighted by molar-refractivity contribution is -0.144. The maximum atomic E-state index is 13.6. The predicted octanol–water partition coefficient (Wildman–Crippen LogP) is 12.0. The van der Waals surface area contributed by atoms with Crippen LogP contribution in [0.1, 0.15) is 75.0 Å². The molecule has 0 N–H and O–H groups in total. The molecule has 7 aromatic carbocycles. The minimum Gasteiger partial charge on any atom is -0.465 e. The molecular weight excluding hydrogens is 777 g/mol. The van der Waals surface area contributed by atoms with Crippen LogP contribution in [0.15, 0.2) is 164 Å². The van der Waals surface area contributed by atoms with Gasteiger partial charge in [-0.15, -0.1) is 0 Å². The number of esters is 1. The first-order valence-corrected chi connectivity index (χ1v) is 20.5. The van der Waals surface area contributed by atoms with E-state index in [-0.39, 0.29) is 48.9 Å². The van der Waals surface area contributed by atoms with Gasteiger partial charge >= 0.3 is 18.3 Å². The van der Waals surface area contributed by atoms with Crippen molar-refractivity contribution in [2.24, 2.45) is 0 Å². The van der Waals surface area contributed by atoms with E-state index in [4.69, 9.17) is 29.2 Å². The van der Waals surface area contributed by atoms with Gasteiger partial charge in [-0.2, -0.15) is 0 Å². The number of rotatable bonds is 12. The third-order valence-corrected chi connectivity index (χ3v) is 11.8. The second kappa shape index (κ2) is 16.9. The summed E-state index contributed by atoms with van der Waals surface area (Å²) < 4.78 is 64.1. The van der Waals surface area contributed by atoms with E-state index in [2.05, 4.69) is 0 Å². The number of aryl methyl sites for hydroxylation is 1. The molecule has 3 aliphatic rings. The number of hydrogen-bond donors (Lipinski definition) is 0. The zero-order chi connectivity index (χ0) is 45.6. The Bertz CT molecular complexity index is 2900. The zero-order valence-corrected chi connectivity index (χ0v) is 33.4. The Morgan fingerprint density at radius 2 is 0.758 bits per heavy atom. The van der Waals surface area contributed by atoms with Gasteiger partial charge in [0.05, 0.1) is 0 Å². The summed E-state index contributed by atoms with van der Waals surface area (Å²) in [6, 6.07) is 50.5. The summed E-state index contributed by atoms with van der Waals surface area (Å²) in [7, 11) is 0. The lowest BCUT2D eigenvalue weighted by atomic mass is 9.98. The van der Waals surface area contributed by atoms with Crippen LogP contribution in [0.5, 0.6) is 11.5 Å². The van der Waals surface area contributed by atoms with Crippen molar-refractivity contribution in [3.05, 3.63) is 203 Å². The molecule has 8 nitrogen and oxygen atoms in total. The van der Waals surface area contributed by atoms with Gasteiger partial charge < -0.3 is 23.7 Å². The molecule has 0 radical (unpaired) electrons. The van der Waals surface area contributed by atoms with Crippen molar-refractivity contribution in [2.75, 3.05) is 19.8 Å². The van der Waals surface area contributed by atoms with Gasteiger partial charge in [-0.1, -0.05) is 152 Å². The smallest absolute Gasteiger partial charge is 0.465 e. The topological polar surface area (TPSA) is 97.4 Å². The number of fused-ring (bicyclic) bond motifs is 9. The molecular formula is C54H42O8. The molecule has 7 aromatic rings. The maximum Gasteiger partial charge on any atom is 0.514 e. The Morgan fingerprint density at radius 1 is 0.419 bits per heavy atom. The fraction of sp³-hybridized carbons (Fsp3) is 0.167. The van der Waals surface area contributed by atoms with E-state index in [1.54, 1.807) is 0 Å². The van der Waals surface area contributed by atoms with Crippen molar-refractivity contribution in [2.45, 2.75) is 36.9 Å². The van der Waals surface area contributed by atoms with Crippen LogP contribution in [-0.2, 0) is 25.4 Å². The molecule has 0 saturated heterocycles. The van der Waals surface area contributed by atoms with Gasteiger partial charge in [0.25, 0.3) is 0 Å². The zero-order valence-electron chi connectivity index (χ0n) is 37.4. The average Bonchev–Trinajstić information content (AvgIpc) is 3.95. The van der Waals surface area contributed by atoms with E-state index in [9.17, 15) is 14.4 Å². The summed E-state index contributed by atoms with van der Waals surface area (Å²) in [6.07, 6.45) is -8.91. The highest BCUT2D eigenvalue weighted by atomic mass is 16.7. The van der Waals surface area contributed by atoms with Crippen molar-refractivity contribution in [1.29, 1.82) is 0 Å². The molecule has 0 aromatic heterocycles. The van der Waals surface area contributed by atoms with Crippen LogP contribution in [0, 0.1) is 0 Å². The van der Waals surface area contributed by atoms with Gasteiger partial charge in [-0.25, -0.2) is 9.59 Å². The van der Waals surface area contributed by atoms with Crippen LogP contribution in [0.4, 0.5) is 9.59 Å². The lowest BCUT2D eigenvalue weighted by Crippen LogP contribution is -2.18. The normalized spacial score (nSPS) is 14.6. The number of benzene rings is 7. The third kappa shape index (κ3) is 7.49. The van der Waals surface area contributed by atoms with Crippen LogP contribution < -0.4 is 9.47 Å². The van der Waals surface area contributed by atoms with Gasteiger partial charge in [0.2, 0.25) is 0 Å². The molecule has 0 heterocycles. The highest BCUT2D eigenvalue weighted by Crippen LogP contribution is 2.47. The Balaban J connectivity index is 0.870. The summed E-state index contributed by atoms with van der Waals surface area (Å²) in [5.41, 5.74) is 11.8. The van der Waals surface area contributed by atoms with E-state index < -0.39 is 43.2 Å². The summed E-state index contributed by atoms with van der Waals surface area (Å²) >= 11 is 0. The summed E-state index contributed by atoms with van der Waals surface area (Å²) in [4.78, 5) is 40.3. The molecule has 0 bridgehead atoms. The first kappa shape index (κ1) is 34.3. The van der Waals surface area contributed by atoms with Crippen LogP contribution >= 0.6 is 0 Å². The SMILES string of the molecule is [2H]C([2H])(CC(=O)OCC1c2ccccc2-c2ccccc21)C([2H])([2H])c1ccc(OC(=O)OCC2c3ccccc3-c3ccccc32)c(OC(=O)OCC2c3ccccc3-c3ccccc32)c1. The van der Waals surface area contributed by atoms with Gasteiger partial charge in [0, 0.05) is 29.7 Å². The molecule has 306 valence electrons. The van der Waals surface area contributed by atoms with Crippen molar-refractivity contribution >= 4 is 18.3 Å². The van der Waals surface area contributed by atoms with E-state index in [0.29, 0.717) is 0 Å². The number of ether oxygens (including phenoxy) is 5. The van der Waals surface area contributed by atoms with Crippen molar-refractivity contribution in [1.82, 2.24) is 0 Å². The molecule has 3 aliphatic carbocycles. The molecule has 0 unspecified atom stereocenters. The fourth-order valence-corrected chi connectivity index (χ4v) is 9.06. The molecule has 0 atom stereocenters. The van der Waals surface area contributed by atoms with Gasteiger partial charge in [-0.05, 0) is 97.2 Å². The Morgan fingerprint density at radius 3 is 1.15 bits per heavy atom. The predicted molar refractivity (Wildman–Crippen MR) is 235 cm³/mol. The summed E-state index contributed by atoms with van der Waals surface area (Å²) in [5, 5.41) is 0. The molecule has 8 heteroatoms. The first-order chi connectivity index (χ1) is 32.0. The molecule has 0 spiro atoms. The van der Waals surface area contributed by atoms with Crippen molar-refractivity contribution in [3.63, 3.8) is 0 Å². The summed E-state index contributed by atoms with van der Waals surface area (Å²) in [5.74, 6) is -2.51. The van der Waals surface area contributed by atoms with E-state index in [1.807, 2.05) is 146 Å². The largest absolute Gasteiger partial charge is 0.514 e. The monoisotopic (exact) mass is 822 g/mol. The Hall–Kier alpha value is -7.45. The highest BCUT2D eigenvalue weighted by molar-refractivity contribution is 5.81. The van der Waals surface area contributed by atoms with E-state index in [0.717, 1.165) is 72.8 Å². The van der Waals surface area contributed by atoms with Crippen LogP contribution in [-0.4, -0.2) is 38.1 Å². The molecule has 0 saturated carbocycles. The molecule has 62 heavy (non-hydrogen) atoms. The highest BCUT2D eigenvalue weighted by Gasteiger charge is 2.32. The van der Waals surface area contributed by atoms with Crippen LogP contribution in [0.3, 0.4) is 0 Å². The standard InChI is InChI=1S/C54H42O8/c55-52(58-31-47-41-21-7-1-15-35(41)36-16-2-8-22-42(36)47)27-13-14-34-28-29-50(61-53(56)59-32-48-43-23-9-3-17-37(43)38-18-4-10-24-44(38)48)51(30-34)62-54(57)60-33-49-45-25-11-5-19-39(45)40-20-6-12-26-46(40)49/h1-12,15-26,28-30,47-49H,13-14,27,31-33H2/i13D2,14D2. The molecule has 0 amide bonds. The second-order valence-electron chi connectivity index (χ2n) is 15.3. The molecule has 0 aliphatic heterocycles. The maximum absolute atomic E-state index is 13.6. The van der Waals surface area contributed by atoms with Crippen LogP contribution in [0.2, 0.25) is 0 Å². The fourth-order valence-electron chi connectivity index (χ4n) is 9.06. The third-order valence-electron chi connectivity index (χ3n) is 11.8. The second-order valence-corrected chi connectivity index (χ2v) is 15.3. The average molecular weight is 823 g/mol. The minimum atomic E-state index is -2.86. The number of carbonyl (C=O) groups excluding carboxylic acids is 3. The van der Waals surface area contributed by atoms with Crippen molar-refractivity contribution in [3.8, 4) is 44.9 Å². The van der Waals surface area contributed by atoms with E-state index in [1.165, 1.54) is 12.1 Å². The summed E-state index contributed by atoms with van der Waals surface area (Å²) in [6.45, 7) is -0.225. The molecule has 10 rings (SSSR count). The Labute approximate surface area is 365 Å². The van der Waals surface area contributed by atoms with E-state index >= 15 is 0 Å². The van der Waals surface area contributed by atoms with Gasteiger partial charge in [0.1, 0.15) is 19.8 Å². The van der Waals surface area contributed by atoms with Gasteiger partial charge in [-0.3, -0.25) is 4.79 Å². The van der Waals surface area contributed by atoms with Crippen LogP contribution in [0.25, 0.3) is 33.4 Å². The number of hydrogen-bond acceptors (Lipinski definition) is 8. The van der Waals surface area contributed by atoms with Gasteiger partial charge in [0.15, 0.2) is 11.5 Å². The lowest BCUT2D eigenvalue weighted by Gasteiger charge is -2.16.